The number of rotatable bonds is 4. The normalized spacial score (nSPS) is 24.1. The summed E-state index contributed by atoms with van der Waals surface area (Å²) in [6, 6.07) is 0.362. The van der Waals surface area contributed by atoms with Gasteiger partial charge in [-0.2, -0.15) is 0 Å². The molecule has 0 aromatic rings. The molecule has 0 bridgehead atoms. The van der Waals surface area contributed by atoms with Crippen LogP contribution in [0.25, 0.3) is 0 Å². The molecular weight excluding hydrogens is 232 g/mol. The van der Waals surface area contributed by atoms with Gasteiger partial charge in [0.25, 0.3) is 0 Å². The molecule has 104 valence electrons. The number of nitrogens with one attached hydrogen (secondary N) is 1. The number of hydrogen-bond acceptors (Lipinski definition) is 4. The first kappa shape index (κ1) is 13.8. The lowest BCUT2D eigenvalue weighted by atomic mass is 10.0. The highest BCUT2D eigenvalue weighted by Gasteiger charge is 2.21. The minimum Gasteiger partial charge on any atom is -0.354 e. The molecule has 2 aliphatic heterocycles. The van der Waals surface area contributed by atoms with E-state index in [1.807, 2.05) is 0 Å². The van der Waals surface area contributed by atoms with Gasteiger partial charge >= 0.3 is 0 Å². The number of piperidine rings is 1. The molecule has 5 nitrogen and oxygen atoms in total. The fourth-order valence-electron chi connectivity index (χ4n) is 2.58. The van der Waals surface area contributed by atoms with E-state index in [9.17, 15) is 4.79 Å². The van der Waals surface area contributed by atoms with Crippen molar-refractivity contribution in [2.45, 2.75) is 44.9 Å². The first-order valence-electron chi connectivity index (χ1n) is 6.96. The van der Waals surface area contributed by atoms with E-state index in [-0.39, 0.29) is 12.2 Å². The Balaban J connectivity index is 1.59. The van der Waals surface area contributed by atoms with Crippen LogP contribution in [0.15, 0.2) is 0 Å². The van der Waals surface area contributed by atoms with E-state index < -0.39 is 0 Å². The molecule has 0 spiro atoms. The summed E-state index contributed by atoms with van der Waals surface area (Å²) in [5.74, 6) is 0.0810. The predicted molar refractivity (Wildman–Crippen MR) is 68.2 cm³/mol. The van der Waals surface area contributed by atoms with Crippen molar-refractivity contribution in [3.8, 4) is 0 Å². The van der Waals surface area contributed by atoms with Crippen molar-refractivity contribution in [2.24, 2.45) is 0 Å². The van der Waals surface area contributed by atoms with Crippen molar-refractivity contribution in [1.82, 2.24) is 10.2 Å². The van der Waals surface area contributed by atoms with Crippen LogP contribution in [0.4, 0.5) is 0 Å². The van der Waals surface area contributed by atoms with E-state index in [0.717, 1.165) is 58.5 Å². The molecule has 0 aliphatic carbocycles. The van der Waals surface area contributed by atoms with Crippen LogP contribution in [-0.2, 0) is 14.3 Å². The molecule has 2 rings (SSSR count). The van der Waals surface area contributed by atoms with E-state index in [0.29, 0.717) is 6.04 Å². The van der Waals surface area contributed by atoms with E-state index in [2.05, 4.69) is 10.2 Å². The molecule has 2 heterocycles. The summed E-state index contributed by atoms with van der Waals surface area (Å²) in [5, 5.41) is 2.99. The smallest absolute Gasteiger partial charge is 0.217 e. The van der Waals surface area contributed by atoms with Gasteiger partial charge in [-0.3, -0.25) is 4.79 Å². The number of amides is 1. The number of likely N-dealkylation sites (tertiary alicyclic amines) is 1. The van der Waals surface area contributed by atoms with Crippen molar-refractivity contribution in [3.05, 3.63) is 0 Å². The molecule has 18 heavy (non-hydrogen) atoms. The number of nitrogens with zero attached hydrogens (tertiary/aromatic N) is 1. The van der Waals surface area contributed by atoms with Gasteiger partial charge in [0.2, 0.25) is 5.91 Å². The van der Waals surface area contributed by atoms with Crippen molar-refractivity contribution >= 4 is 5.91 Å². The second-order valence-corrected chi connectivity index (χ2v) is 5.13. The minimum absolute atomic E-state index is 0.00758. The summed E-state index contributed by atoms with van der Waals surface area (Å²) in [6.45, 7) is 6.38. The van der Waals surface area contributed by atoms with Crippen molar-refractivity contribution in [2.75, 3.05) is 32.8 Å². The third-order valence-corrected chi connectivity index (χ3v) is 3.57. The molecule has 0 aromatic heterocycles. The molecule has 1 N–H and O–H groups in total. The van der Waals surface area contributed by atoms with Crippen LogP contribution in [0.2, 0.25) is 0 Å². The van der Waals surface area contributed by atoms with Gasteiger partial charge in [-0.05, 0) is 19.3 Å². The van der Waals surface area contributed by atoms with E-state index >= 15 is 0 Å². The Kier molecular flexibility index (Phi) is 5.41. The SMILES string of the molecule is CC(=O)NC1CCN(CCC2OCCCO2)CC1. The first-order valence-corrected chi connectivity index (χ1v) is 6.96. The zero-order chi connectivity index (χ0) is 12.8. The standard InChI is InChI=1S/C13H24N2O3/c1-11(16)14-12-3-6-15(7-4-12)8-5-13-17-9-2-10-18-13/h12-13H,2-10H2,1H3,(H,14,16). The summed E-state index contributed by atoms with van der Waals surface area (Å²) >= 11 is 0. The lowest BCUT2D eigenvalue weighted by molar-refractivity contribution is -0.182. The van der Waals surface area contributed by atoms with Gasteiger partial charge in [0.15, 0.2) is 6.29 Å². The molecular formula is C13H24N2O3. The Morgan fingerprint density at radius 3 is 2.56 bits per heavy atom. The highest BCUT2D eigenvalue weighted by atomic mass is 16.7. The van der Waals surface area contributed by atoms with Crippen molar-refractivity contribution in [1.29, 1.82) is 0 Å². The molecule has 0 saturated carbocycles. The number of carbonyl (C=O) groups is 1. The highest BCUT2D eigenvalue weighted by Crippen LogP contribution is 2.13. The summed E-state index contributed by atoms with van der Waals surface area (Å²) in [4.78, 5) is 13.4. The van der Waals surface area contributed by atoms with Crippen molar-refractivity contribution < 1.29 is 14.3 Å². The fourth-order valence-corrected chi connectivity index (χ4v) is 2.58. The van der Waals surface area contributed by atoms with Crippen LogP contribution in [0, 0.1) is 0 Å². The topological polar surface area (TPSA) is 50.8 Å². The van der Waals surface area contributed by atoms with Crippen LogP contribution in [-0.4, -0.2) is 56.0 Å². The van der Waals surface area contributed by atoms with Gasteiger partial charge in [-0.15, -0.1) is 0 Å². The second-order valence-electron chi connectivity index (χ2n) is 5.13. The van der Waals surface area contributed by atoms with Gasteiger partial charge in [0.05, 0.1) is 13.2 Å². The van der Waals surface area contributed by atoms with Crippen LogP contribution in [0.5, 0.6) is 0 Å². The third-order valence-electron chi connectivity index (χ3n) is 3.57. The molecule has 0 atom stereocenters. The maximum absolute atomic E-state index is 11.0. The van der Waals surface area contributed by atoms with Crippen LogP contribution in [0.1, 0.15) is 32.6 Å². The average molecular weight is 256 g/mol. The lowest BCUT2D eigenvalue weighted by Crippen LogP contribution is -2.44. The Bertz CT molecular complexity index is 259. The minimum atomic E-state index is -0.00758. The van der Waals surface area contributed by atoms with E-state index in [1.165, 1.54) is 0 Å². The predicted octanol–water partition coefficient (Wildman–Crippen LogP) is 0.740. The monoisotopic (exact) mass is 256 g/mol. The largest absolute Gasteiger partial charge is 0.354 e. The molecule has 2 fully saturated rings. The average Bonchev–Trinajstić information content (AvgIpc) is 2.38. The highest BCUT2D eigenvalue weighted by molar-refractivity contribution is 5.73. The molecule has 2 saturated heterocycles. The Labute approximate surface area is 109 Å². The first-order chi connectivity index (χ1) is 8.74. The molecule has 1 amide bonds. The van der Waals surface area contributed by atoms with Gasteiger partial charge < -0.3 is 19.7 Å². The van der Waals surface area contributed by atoms with Crippen molar-refractivity contribution in [3.63, 3.8) is 0 Å². The van der Waals surface area contributed by atoms with Gasteiger partial charge in [-0.25, -0.2) is 0 Å². The maximum atomic E-state index is 11.0. The zero-order valence-electron chi connectivity index (χ0n) is 11.2. The number of hydrogen-bond donors (Lipinski definition) is 1. The Hall–Kier alpha value is -0.650. The number of ether oxygens (including phenoxy) is 2. The van der Waals surface area contributed by atoms with Gasteiger partial charge in [0.1, 0.15) is 0 Å². The molecule has 0 unspecified atom stereocenters. The Morgan fingerprint density at radius 2 is 1.94 bits per heavy atom. The number of carbonyl (C=O) groups excluding carboxylic acids is 1. The molecule has 0 radical (unpaired) electrons. The van der Waals surface area contributed by atoms with Crippen LogP contribution < -0.4 is 5.32 Å². The quantitative estimate of drug-likeness (QED) is 0.806. The second kappa shape index (κ2) is 7.07. The molecule has 0 aromatic carbocycles. The van der Waals surface area contributed by atoms with E-state index in [1.54, 1.807) is 6.92 Å². The summed E-state index contributed by atoms with van der Waals surface area (Å²) in [7, 11) is 0. The van der Waals surface area contributed by atoms with Gasteiger partial charge in [0, 0.05) is 39.0 Å². The Morgan fingerprint density at radius 1 is 1.28 bits per heavy atom. The summed E-state index contributed by atoms with van der Waals surface area (Å²) in [6.07, 6.45) is 4.05. The third kappa shape index (κ3) is 4.55. The molecule has 2 aliphatic rings. The van der Waals surface area contributed by atoms with Crippen LogP contribution >= 0.6 is 0 Å². The van der Waals surface area contributed by atoms with Crippen LogP contribution in [0.3, 0.4) is 0 Å². The lowest BCUT2D eigenvalue weighted by Gasteiger charge is -2.33. The van der Waals surface area contributed by atoms with Gasteiger partial charge in [-0.1, -0.05) is 0 Å². The molecule has 5 heteroatoms. The fraction of sp³-hybridized carbons (Fsp3) is 0.923. The summed E-state index contributed by atoms with van der Waals surface area (Å²) < 4.78 is 11.1. The maximum Gasteiger partial charge on any atom is 0.217 e. The summed E-state index contributed by atoms with van der Waals surface area (Å²) in [5.41, 5.74) is 0. The zero-order valence-corrected chi connectivity index (χ0v) is 11.2. The van der Waals surface area contributed by atoms with E-state index in [4.69, 9.17) is 9.47 Å².